The standard InChI is InChI=1S/C8H19N.C2H6/c1-3-8(4-2)6-5-7-9;1-2/h8H,3-7,9H2,1-2H3;1-2H3. The average Bonchev–Trinajstić information content (AvgIpc) is 2.10. The molecule has 0 saturated carbocycles. The largest absolute Gasteiger partial charge is 0.330 e. The van der Waals surface area contributed by atoms with E-state index in [0.29, 0.717) is 0 Å². The highest BCUT2D eigenvalue weighted by Gasteiger charge is 2.00. The van der Waals surface area contributed by atoms with E-state index in [1.165, 1.54) is 25.7 Å². The zero-order valence-corrected chi connectivity index (χ0v) is 8.69. The highest BCUT2D eigenvalue weighted by atomic mass is 14.5. The Labute approximate surface area is 72.4 Å². The Hall–Kier alpha value is -0.0400. The molecule has 0 unspecified atom stereocenters. The minimum Gasteiger partial charge on any atom is -0.330 e. The molecule has 0 fully saturated rings. The van der Waals surface area contributed by atoms with Gasteiger partial charge in [0.2, 0.25) is 0 Å². The van der Waals surface area contributed by atoms with Crippen molar-refractivity contribution in [2.75, 3.05) is 6.54 Å². The van der Waals surface area contributed by atoms with Crippen LogP contribution in [0.1, 0.15) is 53.4 Å². The summed E-state index contributed by atoms with van der Waals surface area (Å²) < 4.78 is 0. The monoisotopic (exact) mass is 159 g/mol. The maximum atomic E-state index is 5.39. The summed E-state index contributed by atoms with van der Waals surface area (Å²) in [6.45, 7) is 9.37. The quantitative estimate of drug-likeness (QED) is 0.655. The van der Waals surface area contributed by atoms with Crippen molar-refractivity contribution < 1.29 is 0 Å². The first-order valence-electron chi connectivity index (χ1n) is 5.05. The van der Waals surface area contributed by atoms with E-state index in [2.05, 4.69) is 13.8 Å². The molecule has 0 rings (SSSR count). The Morgan fingerprint density at radius 3 is 1.82 bits per heavy atom. The van der Waals surface area contributed by atoms with Crippen LogP contribution in [0.5, 0.6) is 0 Å². The summed E-state index contributed by atoms with van der Waals surface area (Å²) in [6.07, 6.45) is 5.16. The first-order valence-corrected chi connectivity index (χ1v) is 5.05. The van der Waals surface area contributed by atoms with Gasteiger partial charge in [0.1, 0.15) is 0 Å². The van der Waals surface area contributed by atoms with Crippen molar-refractivity contribution in [2.24, 2.45) is 11.7 Å². The molecular weight excluding hydrogens is 134 g/mol. The fourth-order valence-electron chi connectivity index (χ4n) is 1.10. The molecule has 0 aliphatic carbocycles. The zero-order valence-electron chi connectivity index (χ0n) is 8.69. The van der Waals surface area contributed by atoms with Gasteiger partial charge in [-0.2, -0.15) is 0 Å². The van der Waals surface area contributed by atoms with Gasteiger partial charge in [0.15, 0.2) is 0 Å². The van der Waals surface area contributed by atoms with Gasteiger partial charge in [0.25, 0.3) is 0 Å². The van der Waals surface area contributed by atoms with Crippen LogP contribution in [0, 0.1) is 5.92 Å². The van der Waals surface area contributed by atoms with Crippen LogP contribution < -0.4 is 5.73 Å². The Balaban J connectivity index is 0. The van der Waals surface area contributed by atoms with Crippen LogP contribution in [0.15, 0.2) is 0 Å². The molecule has 70 valence electrons. The lowest BCUT2D eigenvalue weighted by Gasteiger charge is -2.09. The van der Waals surface area contributed by atoms with Crippen molar-refractivity contribution in [3.63, 3.8) is 0 Å². The summed E-state index contributed by atoms with van der Waals surface area (Å²) in [7, 11) is 0. The van der Waals surface area contributed by atoms with Crippen molar-refractivity contribution in [1.29, 1.82) is 0 Å². The molecule has 0 aliphatic rings. The van der Waals surface area contributed by atoms with Gasteiger partial charge >= 0.3 is 0 Å². The molecule has 1 heteroatoms. The molecule has 0 radical (unpaired) electrons. The molecule has 0 atom stereocenters. The van der Waals surface area contributed by atoms with Crippen LogP contribution in [0.4, 0.5) is 0 Å². The predicted molar refractivity (Wildman–Crippen MR) is 53.7 cm³/mol. The summed E-state index contributed by atoms with van der Waals surface area (Å²) >= 11 is 0. The second kappa shape index (κ2) is 12.6. The second-order valence-electron chi connectivity index (χ2n) is 2.61. The summed E-state index contributed by atoms with van der Waals surface area (Å²) in [5.41, 5.74) is 5.39. The lowest BCUT2D eigenvalue weighted by Crippen LogP contribution is -2.03. The van der Waals surface area contributed by atoms with Crippen LogP contribution in [0.25, 0.3) is 0 Å². The van der Waals surface area contributed by atoms with Crippen LogP contribution in [0.3, 0.4) is 0 Å². The van der Waals surface area contributed by atoms with E-state index in [-0.39, 0.29) is 0 Å². The zero-order chi connectivity index (χ0) is 9.11. The average molecular weight is 159 g/mol. The summed E-state index contributed by atoms with van der Waals surface area (Å²) in [4.78, 5) is 0. The Kier molecular flexibility index (Phi) is 15.5. The minimum atomic E-state index is 0.858. The molecule has 11 heavy (non-hydrogen) atoms. The molecule has 0 aliphatic heterocycles. The molecule has 0 aromatic heterocycles. The number of nitrogens with two attached hydrogens (primary N) is 1. The number of rotatable bonds is 5. The van der Waals surface area contributed by atoms with Gasteiger partial charge < -0.3 is 5.73 Å². The van der Waals surface area contributed by atoms with E-state index in [0.717, 1.165) is 12.5 Å². The molecule has 0 amide bonds. The van der Waals surface area contributed by atoms with Crippen LogP contribution in [0.2, 0.25) is 0 Å². The van der Waals surface area contributed by atoms with E-state index >= 15 is 0 Å². The lowest BCUT2D eigenvalue weighted by molar-refractivity contribution is 0.444. The fourth-order valence-corrected chi connectivity index (χ4v) is 1.10. The maximum absolute atomic E-state index is 5.39. The van der Waals surface area contributed by atoms with Crippen LogP contribution in [-0.4, -0.2) is 6.54 Å². The Morgan fingerprint density at radius 1 is 1.09 bits per heavy atom. The first kappa shape index (κ1) is 13.5. The second-order valence-corrected chi connectivity index (χ2v) is 2.61. The summed E-state index contributed by atoms with van der Waals surface area (Å²) in [5, 5.41) is 0. The Morgan fingerprint density at radius 2 is 1.55 bits per heavy atom. The Bertz CT molecular complexity index is 48.8. The highest BCUT2D eigenvalue weighted by molar-refractivity contribution is 4.54. The molecular formula is C10H25N. The fraction of sp³-hybridized carbons (Fsp3) is 1.00. The van der Waals surface area contributed by atoms with Gasteiger partial charge in [0.05, 0.1) is 0 Å². The molecule has 0 aromatic rings. The maximum Gasteiger partial charge on any atom is -0.00772 e. The van der Waals surface area contributed by atoms with E-state index in [4.69, 9.17) is 5.73 Å². The minimum absolute atomic E-state index is 0.858. The molecule has 0 spiro atoms. The van der Waals surface area contributed by atoms with E-state index in [1.54, 1.807) is 0 Å². The van der Waals surface area contributed by atoms with E-state index < -0.39 is 0 Å². The normalized spacial score (nSPS) is 9.27. The number of hydrogen-bond acceptors (Lipinski definition) is 1. The van der Waals surface area contributed by atoms with Gasteiger partial charge in [0, 0.05) is 0 Å². The SMILES string of the molecule is CC.CCC(CC)CCCN. The third kappa shape index (κ3) is 9.96. The van der Waals surface area contributed by atoms with Crippen LogP contribution in [-0.2, 0) is 0 Å². The van der Waals surface area contributed by atoms with Crippen molar-refractivity contribution in [1.82, 2.24) is 0 Å². The van der Waals surface area contributed by atoms with Crippen molar-refractivity contribution in [3.8, 4) is 0 Å². The van der Waals surface area contributed by atoms with Gasteiger partial charge in [-0.3, -0.25) is 0 Å². The molecule has 0 saturated heterocycles. The molecule has 1 nitrogen and oxygen atoms in total. The predicted octanol–water partition coefficient (Wildman–Crippen LogP) is 3.19. The molecule has 0 heterocycles. The highest BCUT2D eigenvalue weighted by Crippen LogP contribution is 2.13. The lowest BCUT2D eigenvalue weighted by atomic mass is 9.98. The van der Waals surface area contributed by atoms with E-state index in [1.807, 2.05) is 13.8 Å². The van der Waals surface area contributed by atoms with Crippen LogP contribution >= 0.6 is 0 Å². The van der Waals surface area contributed by atoms with Gasteiger partial charge in [-0.25, -0.2) is 0 Å². The number of hydrogen-bond donors (Lipinski definition) is 1. The molecule has 0 aromatic carbocycles. The van der Waals surface area contributed by atoms with Crippen molar-refractivity contribution >= 4 is 0 Å². The summed E-state index contributed by atoms with van der Waals surface area (Å²) in [6, 6.07) is 0. The molecule has 0 bridgehead atoms. The van der Waals surface area contributed by atoms with Gasteiger partial charge in [-0.1, -0.05) is 40.5 Å². The third-order valence-corrected chi connectivity index (χ3v) is 1.97. The summed E-state index contributed by atoms with van der Waals surface area (Å²) in [5.74, 6) is 0.925. The third-order valence-electron chi connectivity index (χ3n) is 1.97. The molecule has 2 N–H and O–H groups in total. The smallest absolute Gasteiger partial charge is 0.00772 e. The van der Waals surface area contributed by atoms with Gasteiger partial charge in [-0.15, -0.1) is 0 Å². The van der Waals surface area contributed by atoms with Crippen molar-refractivity contribution in [2.45, 2.75) is 53.4 Å². The topological polar surface area (TPSA) is 26.0 Å². The first-order chi connectivity index (χ1) is 5.35. The van der Waals surface area contributed by atoms with Gasteiger partial charge in [-0.05, 0) is 25.3 Å². The van der Waals surface area contributed by atoms with Crippen molar-refractivity contribution in [3.05, 3.63) is 0 Å². The van der Waals surface area contributed by atoms with E-state index in [9.17, 15) is 0 Å².